The Hall–Kier alpha value is -2.60. The second-order valence-corrected chi connectivity index (χ2v) is 15.8. The first-order valence-corrected chi connectivity index (χ1v) is 16.8. The third-order valence-electron chi connectivity index (χ3n) is 7.51. The summed E-state index contributed by atoms with van der Waals surface area (Å²) in [6.45, 7) is 12.6. The van der Waals surface area contributed by atoms with Crippen LogP contribution in [0.1, 0.15) is 34.1 Å². The van der Waals surface area contributed by atoms with E-state index in [0.717, 1.165) is 28.3 Å². The molecule has 1 aliphatic rings. The van der Waals surface area contributed by atoms with Crippen molar-refractivity contribution < 1.29 is 35.1 Å². The van der Waals surface area contributed by atoms with Crippen molar-refractivity contribution in [3.8, 4) is 33.9 Å². The number of hydrogen-bond donors (Lipinski definition) is 2. The minimum atomic E-state index is -1.95. The Morgan fingerprint density at radius 2 is 1.43 bits per heavy atom. The summed E-state index contributed by atoms with van der Waals surface area (Å²) in [6, 6.07) is 30.5. The van der Waals surface area contributed by atoms with Crippen LogP contribution in [0.4, 0.5) is 0 Å². The second kappa shape index (κ2) is 13.8. The Labute approximate surface area is 253 Å². The van der Waals surface area contributed by atoms with Gasteiger partial charge in [0.05, 0.1) is 20.3 Å². The van der Waals surface area contributed by atoms with Crippen LogP contribution in [0.15, 0.2) is 85.1 Å². The van der Waals surface area contributed by atoms with E-state index in [1.54, 1.807) is 0 Å². The van der Waals surface area contributed by atoms with E-state index >= 15 is 0 Å². The van der Waals surface area contributed by atoms with Crippen LogP contribution in [0.3, 0.4) is 0 Å². The van der Waals surface area contributed by atoms with Gasteiger partial charge in [0.1, 0.15) is 5.75 Å². The molecular weight excluding hydrogens is 691 g/mol. The number of para-hydroxylation sites is 1. The molecule has 0 saturated heterocycles. The van der Waals surface area contributed by atoms with Crippen LogP contribution in [0.25, 0.3) is 22.4 Å². The summed E-state index contributed by atoms with van der Waals surface area (Å²) in [4.78, 5) is 4.70. The minimum Gasteiger partial charge on any atom is -0.477 e. The van der Waals surface area contributed by atoms with Gasteiger partial charge in [-0.2, -0.15) is 0 Å². The summed E-state index contributed by atoms with van der Waals surface area (Å²) in [6.07, 6.45) is 1.65. The Balaban J connectivity index is 0.000000316. The summed E-state index contributed by atoms with van der Waals surface area (Å²) in [5.74, 6) is 2.40. The third-order valence-corrected chi connectivity index (χ3v) is 11.0. The number of hydrogen-bond acceptors (Lipinski definition) is 4. The maximum absolute atomic E-state index is 9.39. The fraction of sp³-hybridized carbons (Fsp3) is 0.324. The van der Waals surface area contributed by atoms with Crippen LogP contribution in [-0.4, -0.2) is 35.5 Å². The van der Waals surface area contributed by atoms with Crippen LogP contribution in [0.5, 0.6) is 11.5 Å². The molecule has 0 aliphatic carbocycles. The van der Waals surface area contributed by atoms with Gasteiger partial charge in [-0.25, -0.2) is 0 Å². The molecule has 2 unspecified atom stereocenters. The van der Waals surface area contributed by atoms with Crippen molar-refractivity contribution in [3.05, 3.63) is 91.1 Å². The zero-order chi connectivity index (χ0) is 28.2. The van der Waals surface area contributed by atoms with E-state index in [4.69, 9.17) is 9.72 Å². The molecule has 0 fully saturated rings. The van der Waals surface area contributed by atoms with Crippen molar-refractivity contribution in [2.75, 3.05) is 0 Å². The van der Waals surface area contributed by atoms with Gasteiger partial charge in [-0.3, -0.25) is 0 Å². The van der Waals surface area contributed by atoms with Crippen LogP contribution in [-0.2, 0) is 20.1 Å². The zero-order valence-electron chi connectivity index (χ0n) is 24.2. The number of rotatable bonds is 6. The topological polar surface area (TPSA) is 62.6 Å². The number of aromatic nitrogens is 1. The van der Waals surface area contributed by atoms with Crippen molar-refractivity contribution in [2.24, 2.45) is 11.8 Å². The molecule has 3 aromatic carbocycles. The van der Waals surface area contributed by atoms with Gasteiger partial charge in [0.25, 0.3) is 0 Å². The Bertz CT molecular complexity index is 1380. The quantitative estimate of drug-likeness (QED) is 0.175. The zero-order valence-corrected chi connectivity index (χ0v) is 27.6. The van der Waals surface area contributed by atoms with Gasteiger partial charge in [0, 0.05) is 32.1 Å². The van der Waals surface area contributed by atoms with E-state index in [1.807, 2.05) is 58.2 Å². The van der Waals surface area contributed by atoms with Crippen LogP contribution in [0.2, 0.25) is 13.1 Å². The van der Waals surface area contributed by atoms with Gasteiger partial charge in [0.2, 0.25) is 0 Å². The predicted octanol–water partition coefficient (Wildman–Crippen LogP) is 6.55. The maximum Gasteiger partial charge on any atom is 0.123 e. The number of aliphatic hydroxyl groups is 2. The molecule has 5 rings (SSSR count). The van der Waals surface area contributed by atoms with Gasteiger partial charge < -0.3 is 19.9 Å². The summed E-state index contributed by atoms with van der Waals surface area (Å²) < 4.78 is 6.28. The minimum absolute atomic E-state index is 0. The van der Waals surface area contributed by atoms with Crippen LogP contribution in [0, 0.1) is 17.9 Å². The van der Waals surface area contributed by atoms with Crippen molar-refractivity contribution in [1.29, 1.82) is 0 Å². The molecule has 1 aliphatic heterocycles. The van der Waals surface area contributed by atoms with Crippen molar-refractivity contribution in [2.45, 2.75) is 59.4 Å². The molecule has 4 nitrogen and oxygen atoms in total. The van der Waals surface area contributed by atoms with Gasteiger partial charge in [-0.15, -0.1) is 23.8 Å². The average molecular weight is 731 g/mol. The number of ether oxygens (including phenoxy) is 1. The van der Waals surface area contributed by atoms with E-state index in [0.29, 0.717) is 6.42 Å². The summed E-state index contributed by atoms with van der Waals surface area (Å²) in [7, 11) is -1.95. The first-order chi connectivity index (χ1) is 18.6. The first-order valence-electron chi connectivity index (χ1n) is 13.8. The Morgan fingerprint density at radius 3 is 2.08 bits per heavy atom. The molecule has 0 spiro atoms. The molecule has 1 aromatic heterocycles. The van der Waals surface area contributed by atoms with Gasteiger partial charge in [-0.1, -0.05) is 101 Å². The third kappa shape index (κ3) is 7.18. The molecule has 40 heavy (non-hydrogen) atoms. The van der Waals surface area contributed by atoms with Crippen LogP contribution >= 0.6 is 0 Å². The average Bonchev–Trinajstić information content (AvgIpc) is 2.93. The molecular formula is C34H40IrNO3Si-. The molecule has 1 radical (unpaired) electrons. The number of pyridine rings is 1. The van der Waals surface area contributed by atoms with E-state index in [-0.39, 0.29) is 44.1 Å². The fourth-order valence-electron chi connectivity index (χ4n) is 4.88. The fourth-order valence-corrected chi connectivity index (χ4v) is 7.99. The second-order valence-electron chi connectivity index (χ2n) is 11.5. The van der Waals surface area contributed by atoms with E-state index in [9.17, 15) is 10.2 Å². The summed E-state index contributed by atoms with van der Waals surface area (Å²) in [5, 5.41) is 21.4. The summed E-state index contributed by atoms with van der Waals surface area (Å²) in [5.41, 5.74) is 4.35. The molecule has 0 amide bonds. The standard InChI is InChI=1S/C25H20NOSi.C9H20O2.Ir/c1-28(2)24-14-7-6-12-22(24)27-23-13-8-11-20(25(23)28)21-17-19(15-16-26-21)18-9-4-3-5-10-18;1-6(2)8(10)5-9(11)7(3)4;/h3-10,12-17H,1-2H3;6-11H,5H2,1-4H3;/q-1;;. The Kier molecular flexibility index (Phi) is 11.0. The number of aliphatic hydroxyl groups excluding tert-OH is 2. The number of benzene rings is 3. The molecule has 2 atom stereocenters. The van der Waals surface area contributed by atoms with E-state index < -0.39 is 8.07 Å². The first kappa shape index (κ1) is 31.9. The van der Waals surface area contributed by atoms with Crippen molar-refractivity contribution in [1.82, 2.24) is 4.98 Å². The molecule has 6 heteroatoms. The monoisotopic (exact) mass is 731 g/mol. The largest absolute Gasteiger partial charge is 0.477 e. The van der Waals surface area contributed by atoms with Crippen molar-refractivity contribution >= 4 is 18.4 Å². The van der Waals surface area contributed by atoms with Crippen LogP contribution < -0.4 is 15.1 Å². The number of nitrogens with zero attached hydrogens (tertiary/aromatic N) is 1. The predicted molar refractivity (Wildman–Crippen MR) is 164 cm³/mol. The molecule has 4 aromatic rings. The molecule has 213 valence electrons. The summed E-state index contributed by atoms with van der Waals surface area (Å²) >= 11 is 0. The van der Waals surface area contributed by atoms with E-state index in [2.05, 4.69) is 73.8 Å². The SMILES string of the molecule is CC(C)C(O)CC(O)C(C)C.C[Si]1(C)c2ccccc2Oc2cc[c-]c(-c3cc(-c4ccccc4)ccn3)c21.[Ir]. The van der Waals surface area contributed by atoms with Gasteiger partial charge in [-0.05, 0) is 52.4 Å². The van der Waals surface area contributed by atoms with E-state index in [1.165, 1.54) is 15.9 Å². The smallest absolute Gasteiger partial charge is 0.123 e. The normalized spacial score (nSPS) is 14.6. The maximum atomic E-state index is 9.39. The number of fused-ring (bicyclic) bond motifs is 2. The van der Waals surface area contributed by atoms with Gasteiger partial charge in [0.15, 0.2) is 0 Å². The molecule has 2 heterocycles. The molecule has 0 saturated carbocycles. The van der Waals surface area contributed by atoms with Crippen molar-refractivity contribution in [3.63, 3.8) is 0 Å². The molecule has 2 N–H and O–H groups in total. The Morgan fingerprint density at radius 1 is 0.800 bits per heavy atom. The molecule has 0 bridgehead atoms. The van der Waals surface area contributed by atoms with Gasteiger partial charge >= 0.3 is 0 Å².